The Morgan fingerprint density at radius 3 is 2.60 bits per heavy atom. The van der Waals surface area contributed by atoms with E-state index in [-0.39, 0.29) is 5.69 Å². The minimum Gasteiger partial charge on any atom is -0.399 e. The zero-order valence-corrected chi connectivity index (χ0v) is 12.8. The standard InChI is InChI=1S/C12H12ClFN2O2S2/c1-7(10-3-5-12(13)19-10)16-20(17,18)11-4-2-8(15)6-9(11)14/h2-7,16H,15H2,1H3. The summed E-state index contributed by atoms with van der Waals surface area (Å²) in [7, 11) is -3.96. The first-order chi connectivity index (χ1) is 9.29. The molecule has 0 radical (unpaired) electrons. The normalized spacial score (nSPS) is 13.3. The molecule has 1 aromatic carbocycles. The molecule has 0 saturated carbocycles. The van der Waals surface area contributed by atoms with E-state index < -0.39 is 26.8 Å². The molecule has 1 aromatic heterocycles. The van der Waals surface area contributed by atoms with Gasteiger partial charge in [-0.1, -0.05) is 11.6 Å². The van der Waals surface area contributed by atoms with Crippen molar-refractivity contribution in [3.05, 3.63) is 45.4 Å². The van der Waals surface area contributed by atoms with Crippen molar-refractivity contribution in [2.45, 2.75) is 17.9 Å². The molecule has 20 heavy (non-hydrogen) atoms. The first-order valence-corrected chi connectivity index (χ1v) is 8.30. The molecule has 0 aliphatic rings. The van der Waals surface area contributed by atoms with E-state index in [2.05, 4.69) is 4.72 Å². The second-order valence-corrected chi connectivity index (χ2v) is 7.60. The van der Waals surface area contributed by atoms with E-state index in [9.17, 15) is 12.8 Å². The summed E-state index contributed by atoms with van der Waals surface area (Å²) in [6.07, 6.45) is 0. The van der Waals surface area contributed by atoms with Crippen LogP contribution in [0.5, 0.6) is 0 Å². The molecule has 0 fully saturated rings. The zero-order valence-electron chi connectivity index (χ0n) is 10.4. The lowest BCUT2D eigenvalue weighted by Crippen LogP contribution is -2.27. The van der Waals surface area contributed by atoms with Gasteiger partial charge in [0.2, 0.25) is 10.0 Å². The highest BCUT2D eigenvalue weighted by atomic mass is 35.5. The molecule has 8 heteroatoms. The highest BCUT2D eigenvalue weighted by molar-refractivity contribution is 7.89. The highest BCUT2D eigenvalue weighted by Gasteiger charge is 2.22. The number of rotatable bonds is 4. The zero-order chi connectivity index (χ0) is 14.9. The number of anilines is 1. The molecule has 108 valence electrons. The quantitative estimate of drug-likeness (QED) is 0.843. The van der Waals surface area contributed by atoms with Crippen molar-refractivity contribution >= 4 is 38.6 Å². The molecular formula is C12H12ClFN2O2S2. The van der Waals surface area contributed by atoms with Crippen LogP contribution in [0.1, 0.15) is 17.8 Å². The largest absolute Gasteiger partial charge is 0.399 e. The topological polar surface area (TPSA) is 72.2 Å². The minimum atomic E-state index is -3.96. The summed E-state index contributed by atoms with van der Waals surface area (Å²) < 4.78 is 40.9. The third-order valence-corrected chi connectivity index (χ3v) is 5.59. The van der Waals surface area contributed by atoms with Gasteiger partial charge in [-0.3, -0.25) is 0 Å². The average molecular weight is 335 g/mol. The molecule has 3 N–H and O–H groups in total. The number of nitrogens with two attached hydrogens (primary N) is 1. The van der Waals surface area contributed by atoms with Crippen molar-refractivity contribution in [3.63, 3.8) is 0 Å². The SMILES string of the molecule is CC(NS(=O)(=O)c1ccc(N)cc1F)c1ccc(Cl)s1. The summed E-state index contributed by atoms with van der Waals surface area (Å²) >= 11 is 7.07. The number of hydrogen-bond acceptors (Lipinski definition) is 4. The van der Waals surface area contributed by atoms with Crippen LogP contribution in [0.3, 0.4) is 0 Å². The molecule has 0 aliphatic carbocycles. The van der Waals surface area contributed by atoms with E-state index in [1.54, 1.807) is 19.1 Å². The van der Waals surface area contributed by atoms with Gasteiger partial charge in [0.1, 0.15) is 10.7 Å². The molecule has 0 spiro atoms. The number of nitrogens with one attached hydrogen (secondary N) is 1. The van der Waals surface area contributed by atoms with E-state index >= 15 is 0 Å². The Hall–Kier alpha value is -1.15. The Bertz CT molecular complexity index is 731. The van der Waals surface area contributed by atoms with Crippen LogP contribution in [-0.4, -0.2) is 8.42 Å². The Kier molecular flexibility index (Phi) is 4.33. The second kappa shape index (κ2) is 5.69. The van der Waals surface area contributed by atoms with Gasteiger partial charge in [0, 0.05) is 10.6 Å². The summed E-state index contributed by atoms with van der Waals surface area (Å²) in [5.41, 5.74) is 5.56. The molecule has 1 unspecified atom stereocenters. The molecule has 0 bridgehead atoms. The Balaban J connectivity index is 2.27. The van der Waals surface area contributed by atoms with Gasteiger partial charge in [-0.15, -0.1) is 11.3 Å². The van der Waals surface area contributed by atoms with Crippen molar-refractivity contribution in [2.75, 3.05) is 5.73 Å². The molecule has 1 atom stereocenters. The van der Waals surface area contributed by atoms with Crippen LogP contribution in [0.25, 0.3) is 0 Å². The molecule has 0 aliphatic heterocycles. The maximum Gasteiger partial charge on any atom is 0.244 e. The van der Waals surface area contributed by atoms with Crippen LogP contribution >= 0.6 is 22.9 Å². The van der Waals surface area contributed by atoms with Crippen molar-refractivity contribution in [2.24, 2.45) is 0 Å². The molecule has 2 aromatic rings. The molecule has 2 rings (SSSR count). The highest BCUT2D eigenvalue weighted by Crippen LogP contribution is 2.28. The lowest BCUT2D eigenvalue weighted by Gasteiger charge is -2.13. The van der Waals surface area contributed by atoms with E-state index in [1.807, 2.05) is 0 Å². The van der Waals surface area contributed by atoms with Crippen LogP contribution < -0.4 is 10.5 Å². The maximum absolute atomic E-state index is 13.7. The lowest BCUT2D eigenvalue weighted by atomic mass is 10.3. The van der Waals surface area contributed by atoms with Crippen LogP contribution in [0, 0.1) is 5.82 Å². The summed E-state index contributed by atoms with van der Waals surface area (Å²) in [5, 5.41) is 0. The molecular weight excluding hydrogens is 323 g/mol. The lowest BCUT2D eigenvalue weighted by molar-refractivity contribution is 0.548. The van der Waals surface area contributed by atoms with Gasteiger partial charge in [-0.2, -0.15) is 0 Å². The monoisotopic (exact) mass is 334 g/mol. The van der Waals surface area contributed by atoms with E-state index in [4.69, 9.17) is 17.3 Å². The Morgan fingerprint density at radius 2 is 2.05 bits per heavy atom. The minimum absolute atomic E-state index is 0.166. The fourth-order valence-electron chi connectivity index (χ4n) is 1.65. The first kappa shape index (κ1) is 15.2. The second-order valence-electron chi connectivity index (χ2n) is 4.17. The third kappa shape index (κ3) is 3.29. The van der Waals surface area contributed by atoms with Crippen molar-refractivity contribution in [3.8, 4) is 0 Å². The summed E-state index contributed by atoms with van der Waals surface area (Å²) in [4.78, 5) is 0.315. The van der Waals surface area contributed by atoms with Gasteiger partial charge < -0.3 is 5.73 Å². The van der Waals surface area contributed by atoms with Gasteiger partial charge >= 0.3 is 0 Å². The summed E-state index contributed by atoms with van der Waals surface area (Å²) in [6, 6.07) is 6.34. The molecule has 4 nitrogen and oxygen atoms in total. The summed E-state index contributed by atoms with van der Waals surface area (Å²) in [6.45, 7) is 1.66. The molecule has 0 amide bonds. The maximum atomic E-state index is 13.7. The first-order valence-electron chi connectivity index (χ1n) is 5.62. The third-order valence-electron chi connectivity index (χ3n) is 2.60. The van der Waals surface area contributed by atoms with Crippen LogP contribution in [0.15, 0.2) is 35.2 Å². The number of hydrogen-bond donors (Lipinski definition) is 2. The number of halogens is 2. The predicted molar refractivity (Wildman–Crippen MR) is 78.9 cm³/mol. The average Bonchev–Trinajstić information content (AvgIpc) is 2.74. The van der Waals surface area contributed by atoms with E-state index in [0.29, 0.717) is 4.34 Å². The van der Waals surface area contributed by atoms with Crippen LogP contribution in [-0.2, 0) is 10.0 Å². The molecule has 0 saturated heterocycles. The van der Waals surface area contributed by atoms with Gasteiger partial charge in [0.25, 0.3) is 0 Å². The number of sulfonamides is 1. The Morgan fingerprint density at radius 1 is 1.35 bits per heavy atom. The number of benzene rings is 1. The number of thiophene rings is 1. The van der Waals surface area contributed by atoms with Crippen LogP contribution in [0.2, 0.25) is 4.34 Å². The van der Waals surface area contributed by atoms with Crippen molar-refractivity contribution in [1.82, 2.24) is 4.72 Å². The van der Waals surface area contributed by atoms with Crippen molar-refractivity contribution in [1.29, 1.82) is 0 Å². The predicted octanol–water partition coefficient (Wildman–Crippen LogP) is 3.16. The fraction of sp³-hybridized carbons (Fsp3) is 0.167. The van der Waals surface area contributed by atoms with Gasteiger partial charge in [0.15, 0.2) is 0 Å². The fourth-order valence-corrected chi connectivity index (χ4v) is 4.07. The summed E-state index contributed by atoms with van der Waals surface area (Å²) in [5.74, 6) is -0.881. The Labute approximate surface area is 125 Å². The number of nitrogen functional groups attached to an aromatic ring is 1. The molecule has 1 heterocycles. The van der Waals surface area contributed by atoms with Gasteiger partial charge in [-0.05, 0) is 37.3 Å². The van der Waals surface area contributed by atoms with Crippen LogP contribution in [0.4, 0.5) is 10.1 Å². The van der Waals surface area contributed by atoms with E-state index in [1.165, 1.54) is 17.4 Å². The van der Waals surface area contributed by atoms with E-state index in [0.717, 1.165) is 17.0 Å². The van der Waals surface area contributed by atoms with Gasteiger partial charge in [-0.25, -0.2) is 17.5 Å². The van der Waals surface area contributed by atoms with Gasteiger partial charge in [0.05, 0.1) is 10.4 Å². The van der Waals surface area contributed by atoms with Crippen molar-refractivity contribution < 1.29 is 12.8 Å². The smallest absolute Gasteiger partial charge is 0.244 e.